The van der Waals surface area contributed by atoms with Gasteiger partial charge in [0.05, 0.1) is 19.3 Å². The Morgan fingerprint density at radius 1 is 1.06 bits per heavy atom. The van der Waals surface area contributed by atoms with Gasteiger partial charge in [0.2, 0.25) is 0 Å². The molecule has 0 saturated heterocycles. The lowest BCUT2D eigenvalue weighted by atomic mass is 9.95. The number of aromatic nitrogens is 1. The molecule has 0 bridgehead atoms. The summed E-state index contributed by atoms with van der Waals surface area (Å²) < 4.78 is 1.27. The van der Waals surface area contributed by atoms with E-state index >= 15 is 0 Å². The Labute approximate surface area is 93.6 Å². The Morgan fingerprint density at radius 2 is 1.56 bits per heavy atom. The Morgan fingerprint density at radius 3 is 2.00 bits per heavy atom. The molecule has 4 N–H and O–H groups in total. The van der Waals surface area contributed by atoms with Crippen LogP contribution in [0.4, 0.5) is 0 Å². The first-order valence-corrected chi connectivity index (χ1v) is 5.56. The second-order valence-corrected chi connectivity index (χ2v) is 4.26. The van der Waals surface area contributed by atoms with Crippen LogP contribution in [0.15, 0.2) is 0 Å². The smallest absolute Gasteiger partial charge is 0.197 e. The van der Waals surface area contributed by atoms with Crippen LogP contribution in [-0.2, 0) is 19.4 Å². The minimum Gasteiger partial charge on any atom is -0.494 e. The summed E-state index contributed by atoms with van der Waals surface area (Å²) in [6.07, 6.45) is 2.57. The van der Waals surface area contributed by atoms with E-state index in [4.69, 9.17) is 5.11 Å². The van der Waals surface area contributed by atoms with E-state index in [-0.39, 0.29) is 24.9 Å². The van der Waals surface area contributed by atoms with Crippen molar-refractivity contribution in [3.63, 3.8) is 0 Å². The zero-order valence-electron chi connectivity index (χ0n) is 9.06. The lowest BCUT2D eigenvalue weighted by Gasteiger charge is -2.10. The van der Waals surface area contributed by atoms with E-state index in [1.807, 2.05) is 0 Å². The predicted octanol–water partition coefficient (Wildman–Crippen LogP) is 0.131. The van der Waals surface area contributed by atoms with Gasteiger partial charge in [-0.15, -0.1) is 0 Å². The first-order valence-electron chi connectivity index (χ1n) is 5.56. The molecule has 2 rings (SSSR count). The van der Waals surface area contributed by atoms with Crippen molar-refractivity contribution < 1.29 is 20.4 Å². The summed E-state index contributed by atoms with van der Waals surface area (Å²) in [4.78, 5) is 0. The van der Waals surface area contributed by atoms with Crippen molar-refractivity contribution in [1.29, 1.82) is 0 Å². The lowest BCUT2D eigenvalue weighted by molar-refractivity contribution is 0.0773. The van der Waals surface area contributed by atoms with Gasteiger partial charge in [0.25, 0.3) is 0 Å². The minimum atomic E-state index is -0.967. The van der Waals surface area contributed by atoms with Crippen molar-refractivity contribution in [1.82, 2.24) is 4.57 Å². The molecule has 0 saturated carbocycles. The molecule has 1 unspecified atom stereocenters. The Hall–Kier alpha value is -1.20. The molecule has 0 fully saturated rings. The Balaban J connectivity index is 2.34. The van der Waals surface area contributed by atoms with Crippen LogP contribution < -0.4 is 0 Å². The van der Waals surface area contributed by atoms with Gasteiger partial charge in [0, 0.05) is 11.1 Å². The summed E-state index contributed by atoms with van der Waals surface area (Å²) in [5.74, 6) is 0.0550. The quantitative estimate of drug-likeness (QED) is 0.591. The van der Waals surface area contributed by atoms with Gasteiger partial charge in [-0.25, -0.2) is 0 Å². The summed E-state index contributed by atoms with van der Waals surface area (Å²) >= 11 is 0. The fourth-order valence-electron chi connectivity index (χ4n) is 2.27. The molecule has 1 aromatic rings. The summed E-state index contributed by atoms with van der Waals surface area (Å²) in [5.41, 5.74) is 1.57. The van der Waals surface area contributed by atoms with Crippen LogP contribution in [-0.4, -0.2) is 37.7 Å². The highest BCUT2D eigenvalue weighted by Crippen LogP contribution is 2.38. The van der Waals surface area contributed by atoms with E-state index in [1.54, 1.807) is 0 Å². The fraction of sp³-hybridized carbons (Fsp3) is 0.636. The fourth-order valence-corrected chi connectivity index (χ4v) is 2.27. The van der Waals surface area contributed by atoms with Crippen LogP contribution in [0, 0.1) is 0 Å². The van der Waals surface area contributed by atoms with Crippen LogP contribution in [0.5, 0.6) is 11.8 Å². The molecule has 16 heavy (non-hydrogen) atoms. The molecule has 90 valence electrons. The number of nitrogens with zero attached hydrogens (tertiary/aromatic N) is 1. The van der Waals surface area contributed by atoms with Crippen molar-refractivity contribution in [2.24, 2.45) is 0 Å². The molecule has 0 amide bonds. The lowest BCUT2D eigenvalue weighted by Crippen LogP contribution is -2.19. The monoisotopic (exact) mass is 227 g/mol. The molecule has 0 spiro atoms. The largest absolute Gasteiger partial charge is 0.494 e. The maximum absolute atomic E-state index is 9.91. The SMILES string of the molecule is OCC(O)Cn1c(O)c2c(c1O)CCCC2. The molecular weight excluding hydrogens is 210 g/mol. The predicted molar refractivity (Wildman–Crippen MR) is 57.5 cm³/mol. The standard InChI is InChI=1S/C11H17NO4/c13-6-7(14)5-12-10(15)8-3-1-2-4-9(8)11(12)16/h7,13-16H,1-6H2. The number of aliphatic hydroxyl groups excluding tert-OH is 2. The summed E-state index contributed by atoms with van der Waals surface area (Å²) in [5, 5.41) is 37.9. The molecule has 1 atom stereocenters. The second kappa shape index (κ2) is 4.35. The zero-order valence-corrected chi connectivity index (χ0v) is 9.06. The number of rotatable bonds is 3. The minimum absolute atomic E-state index is 0.0150. The van der Waals surface area contributed by atoms with Crippen LogP contribution in [0.3, 0.4) is 0 Å². The topological polar surface area (TPSA) is 85.9 Å². The summed E-state index contributed by atoms with van der Waals surface area (Å²) in [7, 11) is 0. The average Bonchev–Trinajstić information content (AvgIpc) is 2.55. The Kier molecular flexibility index (Phi) is 3.07. The average molecular weight is 227 g/mol. The summed E-state index contributed by atoms with van der Waals surface area (Å²) in [6.45, 7) is -0.372. The van der Waals surface area contributed by atoms with Gasteiger partial charge in [0.15, 0.2) is 11.8 Å². The molecule has 5 heteroatoms. The molecule has 1 heterocycles. The van der Waals surface area contributed by atoms with Crippen molar-refractivity contribution >= 4 is 0 Å². The maximum atomic E-state index is 9.91. The van der Waals surface area contributed by atoms with E-state index in [0.717, 1.165) is 36.8 Å². The molecule has 0 aromatic carbocycles. The molecular formula is C11H17NO4. The third kappa shape index (κ3) is 1.76. The van der Waals surface area contributed by atoms with Gasteiger partial charge >= 0.3 is 0 Å². The van der Waals surface area contributed by atoms with Gasteiger partial charge in [0.1, 0.15) is 0 Å². The number of aliphatic hydroxyl groups is 2. The van der Waals surface area contributed by atoms with Crippen LogP contribution in [0.25, 0.3) is 0 Å². The molecule has 0 aliphatic heterocycles. The van der Waals surface area contributed by atoms with Crippen LogP contribution >= 0.6 is 0 Å². The van der Waals surface area contributed by atoms with E-state index in [2.05, 4.69) is 0 Å². The van der Waals surface area contributed by atoms with Gasteiger partial charge in [-0.2, -0.15) is 0 Å². The second-order valence-electron chi connectivity index (χ2n) is 4.26. The molecule has 0 radical (unpaired) electrons. The third-order valence-electron chi connectivity index (χ3n) is 3.12. The normalized spacial score (nSPS) is 17.1. The first kappa shape index (κ1) is 11.3. The van der Waals surface area contributed by atoms with E-state index in [0.29, 0.717) is 0 Å². The molecule has 1 aliphatic carbocycles. The number of aromatic hydroxyl groups is 2. The highest BCUT2D eigenvalue weighted by molar-refractivity contribution is 5.46. The number of hydrogen-bond donors (Lipinski definition) is 4. The summed E-state index contributed by atoms with van der Waals surface area (Å²) in [6, 6.07) is 0. The van der Waals surface area contributed by atoms with E-state index < -0.39 is 6.10 Å². The number of hydrogen-bond acceptors (Lipinski definition) is 4. The highest BCUT2D eigenvalue weighted by atomic mass is 16.3. The first-order chi connectivity index (χ1) is 7.65. The highest BCUT2D eigenvalue weighted by Gasteiger charge is 2.25. The van der Waals surface area contributed by atoms with E-state index in [1.165, 1.54) is 4.57 Å². The van der Waals surface area contributed by atoms with Crippen LogP contribution in [0.1, 0.15) is 24.0 Å². The van der Waals surface area contributed by atoms with Gasteiger partial charge in [-0.1, -0.05) is 0 Å². The van der Waals surface area contributed by atoms with Gasteiger partial charge in [-0.05, 0) is 25.7 Å². The van der Waals surface area contributed by atoms with Gasteiger partial charge in [-0.3, -0.25) is 4.57 Å². The van der Waals surface area contributed by atoms with Gasteiger partial charge < -0.3 is 20.4 Å². The van der Waals surface area contributed by atoms with E-state index in [9.17, 15) is 15.3 Å². The number of fused-ring (bicyclic) bond motifs is 1. The molecule has 5 nitrogen and oxygen atoms in total. The maximum Gasteiger partial charge on any atom is 0.197 e. The van der Waals surface area contributed by atoms with Crippen molar-refractivity contribution in [3.05, 3.63) is 11.1 Å². The third-order valence-corrected chi connectivity index (χ3v) is 3.12. The van der Waals surface area contributed by atoms with Crippen LogP contribution in [0.2, 0.25) is 0 Å². The van der Waals surface area contributed by atoms with Crippen molar-refractivity contribution in [2.75, 3.05) is 6.61 Å². The molecule has 1 aromatic heterocycles. The zero-order chi connectivity index (χ0) is 11.7. The molecule has 1 aliphatic rings. The van der Waals surface area contributed by atoms with Crippen molar-refractivity contribution in [2.45, 2.75) is 38.3 Å². The Bertz CT molecular complexity index is 356. The van der Waals surface area contributed by atoms with Crippen molar-refractivity contribution in [3.8, 4) is 11.8 Å².